The summed E-state index contributed by atoms with van der Waals surface area (Å²) in [6.07, 6.45) is 0.875. The molecule has 0 spiro atoms. The van der Waals surface area contributed by atoms with Crippen molar-refractivity contribution in [1.82, 2.24) is 0 Å². The van der Waals surface area contributed by atoms with E-state index >= 15 is 0 Å². The van der Waals surface area contributed by atoms with Crippen molar-refractivity contribution < 1.29 is 56.2 Å². The Hall–Kier alpha value is 0.136. The van der Waals surface area contributed by atoms with E-state index in [0.29, 0.717) is 0 Å². The van der Waals surface area contributed by atoms with Gasteiger partial charge in [-0.2, -0.15) is 0 Å². The van der Waals surface area contributed by atoms with Gasteiger partial charge in [-0.1, -0.05) is 23.8 Å². The van der Waals surface area contributed by atoms with Gasteiger partial charge in [-0.3, -0.25) is 0 Å². The van der Waals surface area contributed by atoms with Gasteiger partial charge in [-0.05, 0) is 0 Å². The van der Waals surface area contributed by atoms with Crippen molar-refractivity contribution in [2.45, 2.75) is 0 Å². The molecule has 0 saturated carbocycles. The summed E-state index contributed by atoms with van der Waals surface area (Å²) in [6, 6.07) is 11.7. The summed E-state index contributed by atoms with van der Waals surface area (Å²) in [5, 5.41) is 2.27. The quantitative estimate of drug-likeness (QED) is 0.326. The molecule has 0 saturated heterocycles. The number of fused-ring (bicyclic) bond motifs is 1. The Labute approximate surface area is 114 Å². The zero-order valence-corrected chi connectivity index (χ0v) is 10.1. The van der Waals surface area contributed by atoms with E-state index in [9.17, 15) is 4.79 Å². The molecule has 0 aliphatic carbocycles. The minimum absolute atomic E-state index is 0. The van der Waals surface area contributed by atoms with E-state index in [1.807, 2.05) is 36.4 Å². The van der Waals surface area contributed by atoms with E-state index in [4.69, 9.17) is 0 Å². The Bertz CT molecular complexity index is 356. The van der Waals surface area contributed by atoms with E-state index in [2.05, 4.69) is 0 Å². The fourth-order valence-electron chi connectivity index (χ4n) is 1.24. The van der Waals surface area contributed by atoms with Crippen molar-refractivity contribution in [1.29, 1.82) is 0 Å². The van der Waals surface area contributed by atoms with E-state index < -0.39 is 0 Å². The van der Waals surface area contributed by atoms with Gasteiger partial charge in [-0.25, -0.2) is 0 Å². The van der Waals surface area contributed by atoms with Crippen molar-refractivity contribution in [2.75, 3.05) is 0 Å². The van der Waals surface area contributed by atoms with Gasteiger partial charge in [0.25, 0.3) is 0 Å². The summed E-state index contributed by atoms with van der Waals surface area (Å²) < 4.78 is 0. The Kier molecular flexibility index (Phi) is 3.74. The SMILES string of the molecule is O=Cc1cc2ccccc2[cH-]1.[K+]. The van der Waals surface area contributed by atoms with Crippen molar-refractivity contribution in [3.8, 4) is 0 Å². The van der Waals surface area contributed by atoms with Crippen LogP contribution in [0.4, 0.5) is 0 Å². The molecule has 0 heterocycles. The number of carbonyl (C=O) groups is 1. The molecule has 0 aliphatic rings. The number of hydrogen-bond donors (Lipinski definition) is 0. The average molecular weight is 182 g/mol. The van der Waals surface area contributed by atoms with Crippen molar-refractivity contribution in [3.05, 3.63) is 42.0 Å². The van der Waals surface area contributed by atoms with Gasteiger partial charge < -0.3 is 4.79 Å². The molecular weight excluding hydrogens is 175 g/mol. The number of aldehydes is 1. The summed E-state index contributed by atoms with van der Waals surface area (Å²) in [6.45, 7) is 0. The van der Waals surface area contributed by atoms with E-state index in [-0.39, 0.29) is 51.4 Å². The molecule has 2 rings (SSSR count). The predicted octanol–water partition coefficient (Wildman–Crippen LogP) is -0.625. The molecule has 2 aromatic carbocycles. The molecule has 0 bridgehead atoms. The minimum Gasteiger partial charge on any atom is -0.344 e. The van der Waals surface area contributed by atoms with Crippen LogP contribution >= 0.6 is 0 Å². The van der Waals surface area contributed by atoms with E-state index in [0.717, 1.165) is 22.6 Å². The molecule has 2 heteroatoms. The third kappa shape index (κ3) is 1.89. The van der Waals surface area contributed by atoms with Crippen LogP contribution in [-0.4, -0.2) is 6.29 Å². The summed E-state index contributed by atoms with van der Waals surface area (Å²) in [7, 11) is 0. The Morgan fingerprint density at radius 2 is 2.00 bits per heavy atom. The second-order valence-electron chi connectivity index (χ2n) is 2.54. The molecule has 0 atom stereocenters. The first-order chi connectivity index (χ1) is 5.40. The van der Waals surface area contributed by atoms with Crippen LogP contribution in [0.25, 0.3) is 10.8 Å². The second-order valence-corrected chi connectivity index (χ2v) is 2.54. The zero-order chi connectivity index (χ0) is 7.68. The molecule has 2 aromatic rings. The molecule has 1 nitrogen and oxygen atoms in total. The van der Waals surface area contributed by atoms with Gasteiger partial charge in [0.1, 0.15) is 0 Å². The molecular formula is C10H7KO. The second kappa shape index (κ2) is 4.39. The summed E-state index contributed by atoms with van der Waals surface area (Å²) >= 11 is 0. The molecule has 0 amide bonds. The minimum atomic E-state index is 0. The fraction of sp³-hybridized carbons (Fsp3) is 0. The van der Waals surface area contributed by atoms with Crippen LogP contribution in [0.15, 0.2) is 36.4 Å². The van der Waals surface area contributed by atoms with Gasteiger partial charge in [0.2, 0.25) is 0 Å². The monoisotopic (exact) mass is 182 g/mol. The normalized spacial score (nSPS) is 9.33. The Balaban J connectivity index is 0.000000720. The topological polar surface area (TPSA) is 17.1 Å². The van der Waals surface area contributed by atoms with E-state index in [1.54, 1.807) is 0 Å². The molecule has 12 heavy (non-hydrogen) atoms. The summed E-state index contributed by atoms with van der Waals surface area (Å²) in [4.78, 5) is 10.4. The van der Waals surface area contributed by atoms with Gasteiger partial charge in [-0.15, -0.1) is 29.0 Å². The van der Waals surface area contributed by atoms with Crippen LogP contribution in [0.5, 0.6) is 0 Å². The summed E-state index contributed by atoms with van der Waals surface area (Å²) in [5.41, 5.74) is 0.756. The molecule has 0 radical (unpaired) electrons. The van der Waals surface area contributed by atoms with Crippen LogP contribution in [0.1, 0.15) is 10.4 Å². The van der Waals surface area contributed by atoms with Crippen LogP contribution in [0.3, 0.4) is 0 Å². The molecule has 0 N–H and O–H groups in total. The zero-order valence-electron chi connectivity index (χ0n) is 6.95. The Morgan fingerprint density at radius 1 is 1.25 bits per heavy atom. The van der Waals surface area contributed by atoms with Gasteiger partial charge in [0.15, 0.2) is 0 Å². The van der Waals surface area contributed by atoms with Crippen LogP contribution in [0, 0.1) is 0 Å². The maximum absolute atomic E-state index is 10.4. The predicted molar refractivity (Wildman–Crippen MR) is 44.9 cm³/mol. The van der Waals surface area contributed by atoms with Gasteiger partial charge in [0, 0.05) is 0 Å². The van der Waals surface area contributed by atoms with Crippen LogP contribution < -0.4 is 51.4 Å². The average Bonchev–Trinajstić information content (AvgIpc) is 2.46. The van der Waals surface area contributed by atoms with Crippen molar-refractivity contribution >= 4 is 17.1 Å². The number of hydrogen-bond acceptors (Lipinski definition) is 1. The molecule has 0 fully saturated rings. The molecule has 0 aromatic heterocycles. The maximum atomic E-state index is 10.4. The maximum Gasteiger partial charge on any atom is 1.00 e. The molecule has 0 unspecified atom stereocenters. The standard InChI is InChI=1S/C10H7O.K/c11-7-8-5-9-3-1-2-4-10(9)6-8;/h1-7H;/q-1;+1. The fourth-order valence-corrected chi connectivity index (χ4v) is 1.24. The third-order valence-corrected chi connectivity index (χ3v) is 1.78. The molecule has 0 aliphatic heterocycles. The van der Waals surface area contributed by atoms with Crippen LogP contribution in [0.2, 0.25) is 0 Å². The first-order valence-electron chi connectivity index (χ1n) is 3.51. The van der Waals surface area contributed by atoms with E-state index in [1.165, 1.54) is 0 Å². The van der Waals surface area contributed by atoms with Crippen molar-refractivity contribution in [2.24, 2.45) is 0 Å². The van der Waals surface area contributed by atoms with Crippen molar-refractivity contribution in [3.63, 3.8) is 0 Å². The Morgan fingerprint density at radius 3 is 2.67 bits per heavy atom. The smallest absolute Gasteiger partial charge is 0.344 e. The number of carbonyl (C=O) groups excluding carboxylic acids is 1. The first-order valence-corrected chi connectivity index (χ1v) is 3.51. The third-order valence-electron chi connectivity index (χ3n) is 1.78. The van der Waals surface area contributed by atoms with Crippen LogP contribution in [-0.2, 0) is 0 Å². The summed E-state index contributed by atoms with van der Waals surface area (Å²) in [5.74, 6) is 0. The molecule has 54 valence electrons. The first kappa shape index (κ1) is 10.2. The number of rotatable bonds is 1. The van der Waals surface area contributed by atoms with Gasteiger partial charge in [0.05, 0.1) is 6.29 Å². The largest absolute Gasteiger partial charge is 1.00 e. The number of benzene rings is 1. The van der Waals surface area contributed by atoms with Gasteiger partial charge >= 0.3 is 51.4 Å².